The SMILES string of the molecule is CC.CC.[B]c1ccc(C)c(OC)n1. The van der Waals surface area contributed by atoms with E-state index in [1.165, 1.54) is 0 Å². The number of hydrogen-bond donors (Lipinski definition) is 0. The Morgan fingerprint density at radius 1 is 1.14 bits per heavy atom. The van der Waals surface area contributed by atoms with Crippen LogP contribution in [0, 0.1) is 6.92 Å². The van der Waals surface area contributed by atoms with Crippen molar-refractivity contribution in [3.63, 3.8) is 0 Å². The predicted octanol–water partition coefficient (Wildman–Crippen LogP) is 2.24. The van der Waals surface area contributed by atoms with E-state index in [-0.39, 0.29) is 0 Å². The van der Waals surface area contributed by atoms with Gasteiger partial charge in [-0.1, -0.05) is 39.8 Å². The van der Waals surface area contributed by atoms with Crippen LogP contribution < -0.4 is 10.3 Å². The summed E-state index contributed by atoms with van der Waals surface area (Å²) in [6.07, 6.45) is 0. The molecule has 0 aromatic carbocycles. The first-order valence-corrected chi connectivity index (χ1v) is 5.01. The lowest BCUT2D eigenvalue weighted by Gasteiger charge is -2.02. The van der Waals surface area contributed by atoms with Crippen LogP contribution in [0.1, 0.15) is 33.3 Å². The van der Waals surface area contributed by atoms with Crippen LogP contribution in [0.4, 0.5) is 0 Å². The minimum atomic E-state index is 0.488. The minimum absolute atomic E-state index is 0.488. The molecule has 0 spiro atoms. The fraction of sp³-hybridized carbons (Fsp3) is 0.545. The van der Waals surface area contributed by atoms with Crippen LogP contribution in [0.15, 0.2) is 12.1 Å². The Bertz CT molecular complexity index is 239. The molecule has 0 atom stereocenters. The van der Waals surface area contributed by atoms with E-state index < -0.39 is 0 Å². The molecular formula is C11H20BNO. The van der Waals surface area contributed by atoms with Crippen LogP contribution >= 0.6 is 0 Å². The van der Waals surface area contributed by atoms with E-state index in [1.54, 1.807) is 13.2 Å². The highest BCUT2D eigenvalue weighted by molar-refractivity contribution is 6.30. The summed E-state index contributed by atoms with van der Waals surface area (Å²) in [5.74, 6) is 0.597. The van der Waals surface area contributed by atoms with Gasteiger partial charge < -0.3 is 4.74 Å². The van der Waals surface area contributed by atoms with Gasteiger partial charge >= 0.3 is 0 Å². The number of rotatable bonds is 1. The molecule has 2 radical (unpaired) electrons. The van der Waals surface area contributed by atoms with E-state index in [0.717, 1.165) is 5.56 Å². The van der Waals surface area contributed by atoms with E-state index >= 15 is 0 Å². The maximum Gasteiger partial charge on any atom is 0.215 e. The molecule has 0 bridgehead atoms. The van der Waals surface area contributed by atoms with Crippen molar-refractivity contribution in [1.82, 2.24) is 4.98 Å². The lowest BCUT2D eigenvalue weighted by molar-refractivity contribution is 0.395. The summed E-state index contributed by atoms with van der Waals surface area (Å²) >= 11 is 0. The number of aromatic nitrogens is 1. The molecule has 1 rings (SSSR count). The second-order valence-corrected chi connectivity index (χ2v) is 2.06. The zero-order valence-corrected chi connectivity index (χ0v) is 10.1. The summed E-state index contributed by atoms with van der Waals surface area (Å²) in [6, 6.07) is 3.62. The fourth-order valence-corrected chi connectivity index (χ4v) is 0.731. The number of methoxy groups -OCH3 is 1. The smallest absolute Gasteiger partial charge is 0.215 e. The molecule has 1 heterocycles. The molecule has 0 unspecified atom stereocenters. The van der Waals surface area contributed by atoms with Gasteiger partial charge in [-0.2, -0.15) is 0 Å². The number of ether oxygens (including phenoxy) is 1. The first-order chi connectivity index (χ1) is 6.74. The first kappa shape index (κ1) is 15.5. The Morgan fingerprint density at radius 2 is 1.64 bits per heavy atom. The Balaban J connectivity index is 0. The highest BCUT2D eigenvalue weighted by Crippen LogP contribution is 2.08. The van der Waals surface area contributed by atoms with E-state index in [9.17, 15) is 0 Å². The van der Waals surface area contributed by atoms with Gasteiger partial charge in [-0.15, -0.1) is 0 Å². The summed E-state index contributed by atoms with van der Waals surface area (Å²) in [7, 11) is 6.99. The quantitative estimate of drug-likeness (QED) is 0.638. The van der Waals surface area contributed by atoms with E-state index in [4.69, 9.17) is 12.6 Å². The van der Waals surface area contributed by atoms with Crippen molar-refractivity contribution in [1.29, 1.82) is 0 Å². The third-order valence-corrected chi connectivity index (χ3v) is 1.27. The number of hydrogen-bond acceptors (Lipinski definition) is 2. The van der Waals surface area contributed by atoms with Crippen molar-refractivity contribution in [2.75, 3.05) is 7.11 Å². The van der Waals surface area contributed by atoms with Crippen molar-refractivity contribution in [3.8, 4) is 5.88 Å². The van der Waals surface area contributed by atoms with Gasteiger partial charge in [-0.3, -0.25) is 0 Å². The van der Waals surface area contributed by atoms with Crippen LogP contribution in [0.5, 0.6) is 5.88 Å². The molecule has 0 saturated heterocycles. The third kappa shape index (κ3) is 5.62. The topological polar surface area (TPSA) is 22.1 Å². The molecule has 78 valence electrons. The lowest BCUT2D eigenvalue weighted by Crippen LogP contribution is -2.09. The Hall–Kier alpha value is -0.985. The van der Waals surface area contributed by atoms with Crippen LogP contribution in [-0.2, 0) is 0 Å². The van der Waals surface area contributed by atoms with Gasteiger partial charge in [-0.05, 0) is 12.5 Å². The van der Waals surface area contributed by atoms with E-state index in [0.29, 0.717) is 11.5 Å². The van der Waals surface area contributed by atoms with Gasteiger partial charge in [0.1, 0.15) is 7.85 Å². The standard InChI is InChI=1S/C7H8BNO.2C2H6/c1-5-3-4-6(8)9-7(5)10-2;2*1-2/h3-4H,1-2H3;2*1-2H3. The monoisotopic (exact) mass is 193 g/mol. The largest absolute Gasteiger partial charge is 0.481 e. The second-order valence-electron chi connectivity index (χ2n) is 2.06. The molecule has 1 aromatic heterocycles. The van der Waals surface area contributed by atoms with Crippen LogP contribution in [0.25, 0.3) is 0 Å². The molecule has 1 aromatic rings. The number of aryl methyl sites for hydroxylation is 1. The van der Waals surface area contributed by atoms with Crippen molar-refractivity contribution in [3.05, 3.63) is 17.7 Å². The van der Waals surface area contributed by atoms with E-state index in [1.807, 2.05) is 40.7 Å². The lowest BCUT2D eigenvalue weighted by atomic mass is 10.0. The van der Waals surface area contributed by atoms with Crippen molar-refractivity contribution < 1.29 is 4.74 Å². The van der Waals surface area contributed by atoms with Gasteiger partial charge in [0.2, 0.25) is 5.88 Å². The molecule has 2 nitrogen and oxygen atoms in total. The molecule has 0 aliphatic carbocycles. The van der Waals surface area contributed by atoms with Gasteiger partial charge in [0, 0.05) is 5.56 Å². The van der Waals surface area contributed by atoms with E-state index in [2.05, 4.69) is 4.98 Å². The highest BCUT2D eigenvalue weighted by atomic mass is 16.5. The average molecular weight is 193 g/mol. The van der Waals surface area contributed by atoms with Gasteiger partial charge in [0.15, 0.2) is 0 Å². The number of pyridine rings is 1. The first-order valence-electron chi connectivity index (χ1n) is 5.01. The Morgan fingerprint density at radius 3 is 2.00 bits per heavy atom. The van der Waals surface area contributed by atoms with Crippen molar-refractivity contribution >= 4 is 13.4 Å². The van der Waals surface area contributed by atoms with Crippen molar-refractivity contribution in [2.24, 2.45) is 0 Å². The summed E-state index contributed by atoms with van der Waals surface area (Å²) in [5, 5.41) is 0. The second kappa shape index (κ2) is 10.1. The molecular weight excluding hydrogens is 173 g/mol. The zero-order chi connectivity index (χ0) is 11.6. The Labute approximate surface area is 89.1 Å². The predicted molar refractivity (Wildman–Crippen MR) is 63.6 cm³/mol. The molecule has 14 heavy (non-hydrogen) atoms. The molecule has 0 saturated carbocycles. The summed E-state index contributed by atoms with van der Waals surface area (Å²) in [5.41, 5.74) is 1.49. The number of nitrogens with zero attached hydrogens (tertiary/aromatic N) is 1. The molecule has 0 aliphatic rings. The highest BCUT2D eigenvalue weighted by Gasteiger charge is 1.96. The Kier molecular flexibility index (Phi) is 11.2. The summed E-state index contributed by atoms with van der Waals surface area (Å²) in [6.45, 7) is 9.92. The normalized spacial score (nSPS) is 7.57. The zero-order valence-electron chi connectivity index (χ0n) is 10.1. The third-order valence-electron chi connectivity index (χ3n) is 1.27. The van der Waals surface area contributed by atoms with Gasteiger partial charge in [-0.25, -0.2) is 4.98 Å². The van der Waals surface area contributed by atoms with Crippen LogP contribution in [0.3, 0.4) is 0 Å². The minimum Gasteiger partial charge on any atom is -0.481 e. The maximum absolute atomic E-state index is 5.41. The van der Waals surface area contributed by atoms with Gasteiger partial charge in [0.05, 0.1) is 7.11 Å². The fourth-order valence-electron chi connectivity index (χ4n) is 0.731. The van der Waals surface area contributed by atoms with Crippen LogP contribution in [-0.4, -0.2) is 19.9 Å². The maximum atomic E-state index is 5.41. The van der Waals surface area contributed by atoms with Crippen LogP contribution in [0.2, 0.25) is 0 Å². The molecule has 0 N–H and O–H groups in total. The molecule has 3 heteroatoms. The molecule has 0 aliphatic heterocycles. The van der Waals surface area contributed by atoms with Crippen molar-refractivity contribution in [2.45, 2.75) is 34.6 Å². The molecule has 0 amide bonds. The summed E-state index contributed by atoms with van der Waals surface area (Å²) in [4.78, 5) is 3.95. The van der Waals surface area contributed by atoms with Gasteiger partial charge in [0.25, 0.3) is 0 Å². The average Bonchev–Trinajstić information content (AvgIpc) is 2.27. The molecule has 0 fully saturated rings. The summed E-state index contributed by atoms with van der Waals surface area (Å²) < 4.78 is 4.93.